The molecule has 28 heavy (non-hydrogen) atoms. The molecule has 7 heteroatoms. The van der Waals surface area contributed by atoms with Gasteiger partial charge in [-0.15, -0.1) is 0 Å². The first-order valence-electron chi connectivity index (χ1n) is 10.1. The third kappa shape index (κ3) is 2.99. The number of nitrogens with zero attached hydrogens (tertiary/aromatic N) is 2. The van der Waals surface area contributed by atoms with Crippen LogP contribution in [-0.4, -0.2) is 28.0 Å². The van der Waals surface area contributed by atoms with Crippen LogP contribution in [0.3, 0.4) is 0 Å². The molecule has 1 aliphatic heterocycles. The number of aryl methyl sites for hydroxylation is 1. The maximum absolute atomic E-state index is 12.7. The van der Waals surface area contributed by atoms with Gasteiger partial charge in [-0.3, -0.25) is 4.79 Å². The molecule has 2 atom stereocenters. The van der Waals surface area contributed by atoms with Crippen molar-refractivity contribution in [1.29, 1.82) is 0 Å². The number of amides is 1. The Hall–Kier alpha value is -2.67. The van der Waals surface area contributed by atoms with Gasteiger partial charge in [-0.25, -0.2) is 4.98 Å². The van der Waals surface area contributed by atoms with Gasteiger partial charge in [0.05, 0.1) is 11.2 Å². The largest absolute Gasteiger partial charge is 0.350 e. The van der Waals surface area contributed by atoms with Crippen molar-refractivity contribution >= 4 is 23.4 Å². The average molecular weight is 378 g/mol. The summed E-state index contributed by atoms with van der Waals surface area (Å²) in [7, 11) is 0. The Kier molecular flexibility index (Phi) is 4.01. The molecule has 0 bridgehead atoms. The molecule has 3 aliphatic rings. The van der Waals surface area contributed by atoms with Crippen molar-refractivity contribution < 1.29 is 4.79 Å². The number of hydrogen-bond donors (Lipinski definition) is 4. The molecule has 1 spiro atoms. The molecule has 2 heterocycles. The van der Waals surface area contributed by atoms with E-state index in [0.29, 0.717) is 17.3 Å². The summed E-state index contributed by atoms with van der Waals surface area (Å²) < 4.78 is 0. The van der Waals surface area contributed by atoms with E-state index < -0.39 is 0 Å². The number of benzene rings is 1. The van der Waals surface area contributed by atoms with E-state index in [1.54, 1.807) is 0 Å². The summed E-state index contributed by atoms with van der Waals surface area (Å²) in [5, 5.41) is 9.89. The smallest absolute Gasteiger partial charge is 0.257 e. The summed E-state index contributed by atoms with van der Waals surface area (Å²) in [6, 6.07) is 8.33. The Morgan fingerprint density at radius 2 is 1.89 bits per heavy atom. The molecule has 2 saturated carbocycles. The number of hydrogen-bond acceptors (Lipinski definition) is 6. The fourth-order valence-corrected chi connectivity index (χ4v) is 4.28. The van der Waals surface area contributed by atoms with Gasteiger partial charge in [0.2, 0.25) is 5.95 Å². The lowest BCUT2D eigenvalue weighted by Gasteiger charge is -2.29. The zero-order chi connectivity index (χ0) is 19.3. The summed E-state index contributed by atoms with van der Waals surface area (Å²) in [6.45, 7) is 2.05. The fraction of sp³-hybridized carbons (Fsp3) is 0.476. The maximum atomic E-state index is 12.7. The minimum Gasteiger partial charge on any atom is -0.350 e. The van der Waals surface area contributed by atoms with Crippen LogP contribution >= 0.6 is 0 Å². The van der Waals surface area contributed by atoms with Crippen LogP contribution in [0.5, 0.6) is 0 Å². The van der Waals surface area contributed by atoms with Gasteiger partial charge < -0.3 is 21.7 Å². The third-order valence-corrected chi connectivity index (χ3v) is 6.14. The summed E-state index contributed by atoms with van der Waals surface area (Å²) >= 11 is 0. The molecular weight excluding hydrogens is 352 g/mol. The lowest BCUT2D eigenvalue weighted by Crippen LogP contribution is -2.43. The Morgan fingerprint density at radius 3 is 2.61 bits per heavy atom. The van der Waals surface area contributed by atoms with Crippen molar-refractivity contribution in [3.05, 3.63) is 41.1 Å². The first-order valence-corrected chi connectivity index (χ1v) is 10.1. The number of anilines is 3. The minimum atomic E-state index is -0.301. The van der Waals surface area contributed by atoms with Crippen LogP contribution in [0.2, 0.25) is 0 Å². The SMILES string of the molecule is Cc1ccc(Nc2nc(N[C@@H]3CCCC[C@@H]3N)nc3c2C(=O)NC32CC2)cc1. The van der Waals surface area contributed by atoms with E-state index in [0.717, 1.165) is 43.5 Å². The van der Waals surface area contributed by atoms with Gasteiger partial charge in [-0.05, 0) is 44.7 Å². The second-order valence-electron chi connectivity index (χ2n) is 8.35. The second-order valence-corrected chi connectivity index (χ2v) is 8.35. The highest BCUT2D eigenvalue weighted by Crippen LogP contribution is 2.51. The predicted octanol–water partition coefficient (Wildman–Crippen LogP) is 2.94. The Morgan fingerprint density at radius 1 is 1.14 bits per heavy atom. The average Bonchev–Trinajstić information content (AvgIpc) is 3.39. The monoisotopic (exact) mass is 378 g/mol. The molecule has 0 radical (unpaired) electrons. The maximum Gasteiger partial charge on any atom is 0.257 e. The van der Waals surface area contributed by atoms with Crippen molar-refractivity contribution in [1.82, 2.24) is 15.3 Å². The van der Waals surface area contributed by atoms with Crippen molar-refractivity contribution in [2.75, 3.05) is 10.6 Å². The molecule has 5 rings (SSSR count). The van der Waals surface area contributed by atoms with E-state index in [-0.39, 0.29) is 23.5 Å². The number of nitrogens with one attached hydrogen (secondary N) is 3. The normalized spacial score (nSPS) is 24.6. The molecule has 7 nitrogen and oxygen atoms in total. The minimum absolute atomic E-state index is 0.0944. The Bertz CT molecular complexity index is 921. The van der Waals surface area contributed by atoms with E-state index in [1.165, 1.54) is 12.0 Å². The number of rotatable bonds is 4. The van der Waals surface area contributed by atoms with Crippen LogP contribution in [0.15, 0.2) is 24.3 Å². The molecular formula is C21H26N6O. The molecule has 0 saturated heterocycles. The van der Waals surface area contributed by atoms with E-state index in [1.807, 2.05) is 31.2 Å². The molecule has 1 amide bonds. The van der Waals surface area contributed by atoms with Crippen LogP contribution in [0.25, 0.3) is 0 Å². The van der Waals surface area contributed by atoms with Crippen LogP contribution in [0, 0.1) is 6.92 Å². The summed E-state index contributed by atoms with van der Waals surface area (Å²) in [6.07, 6.45) is 6.22. The highest BCUT2D eigenvalue weighted by molar-refractivity contribution is 6.04. The van der Waals surface area contributed by atoms with Gasteiger partial charge in [0.15, 0.2) is 0 Å². The fourth-order valence-electron chi connectivity index (χ4n) is 4.28. The molecule has 2 aliphatic carbocycles. The standard InChI is InChI=1S/C21H26N6O/c1-12-6-8-13(9-7-12)23-18-16-17(21(10-11-21)27-19(16)28)25-20(26-18)24-15-5-3-2-4-14(15)22/h6-9,14-15H,2-5,10-11,22H2,1H3,(H,27,28)(H2,23,24,25,26)/t14-,15+/m0/s1. The topological polar surface area (TPSA) is 105 Å². The third-order valence-electron chi connectivity index (χ3n) is 6.14. The van der Waals surface area contributed by atoms with Gasteiger partial charge in [0, 0.05) is 17.8 Å². The number of carbonyl (C=O) groups is 1. The zero-order valence-electron chi connectivity index (χ0n) is 16.1. The van der Waals surface area contributed by atoms with Crippen molar-refractivity contribution in [2.45, 2.75) is 63.1 Å². The van der Waals surface area contributed by atoms with Crippen LogP contribution < -0.4 is 21.7 Å². The predicted molar refractivity (Wildman–Crippen MR) is 109 cm³/mol. The highest BCUT2D eigenvalue weighted by atomic mass is 16.2. The summed E-state index contributed by atoms with van der Waals surface area (Å²) in [5.74, 6) is 1.02. The lowest BCUT2D eigenvalue weighted by atomic mass is 9.91. The van der Waals surface area contributed by atoms with Crippen LogP contribution in [-0.2, 0) is 5.54 Å². The molecule has 0 unspecified atom stereocenters. The molecule has 2 aromatic rings. The Balaban J connectivity index is 1.52. The number of fused-ring (bicyclic) bond motifs is 2. The van der Waals surface area contributed by atoms with E-state index in [9.17, 15) is 4.79 Å². The lowest BCUT2D eigenvalue weighted by molar-refractivity contribution is 0.0953. The van der Waals surface area contributed by atoms with Crippen LogP contribution in [0.1, 0.15) is 60.1 Å². The van der Waals surface area contributed by atoms with Crippen molar-refractivity contribution in [3.8, 4) is 0 Å². The van der Waals surface area contributed by atoms with Crippen LogP contribution in [0.4, 0.5) is 17.5 Å². The van der Waals surface area contributed by atoms with Gasteiger partial charge in [-0.1, -0.05) is 30.5 Å². The number of carbonyl (C=O) groups excluding carboxylic acids is 1. The van der Waals surface area contributed by atoms with Gasteiger partial charge >= 0.3 is 0 Å². The summed E-state index contributed by atoms with van der Waals surface area (Å²) in [4.78, 5) is 22.1. The van der Waals surface area contributed by atoms with Gasteiger partial charge in [-0.2, -0.15) is 4.98 Å². The quantitative estimate of drug-likeness (QED) is 0.652. The van der Waals surface area contributed by atoms with E-state index in [4.69, 9.17) is 10.7 Å². The zero-order valence-corrected chi connectivity index (χ0v) is 16.1. The van der Waals surface area contributed by atoms with E-state index >= 15 is 0 Å². The van der Waals surface area contributed by atoms with Gasteiger partial charge in [0.25, 0.3) is 5.91 Å². The molecule has 2 fully saturated rings. The first-order chi connectivity index (χ1) is 13.5. The summed E-state index contributed by atoms with van der Waals surface area (Å²) in [5.41, 5.74) is 9.46. The second kappa shape index (κ2) is 6.44. The molecule has 1 aromatic heterocycles. The van der Waals surface area contributed by atoms with Crippen molar-refractivity contribution in [2.24, 2.45) is 5.73 Å². The number of aromatic nitrogens is 2. The first kappa shape index (κ1) is 17.4. The highest BCUT2D eigenvalue weighted by Gasteiger charge is 2.55. The number of nitrogens with two attached hydrogens (primary N) is 1. The molecule has 1 aromatic carbocycles. The van der Waals surface area contributed by atoms with Crippen molar-refractivity contribution in [3.63, 3.8) is 0 Å². The molecule has 5 N–H and O–H groups in total. The van der Waals surface area contributed by atoms with E-state index in [2.05, 4.69) is 20.9 Å². The Labute approximate surface area is 164 Å². The molecule has 146 valence electrons. The van der Waals surface area contributed by atoms with Gasteiger partial charge in [0.1, 0.15) is 11.4 Å².